The number of methoxy groups -OCH3 is 1. The average Bonchev–Trinajstić information content (AvgIpc) is 3.15. The van der Waals surface area contributed by atoms with E-state index in [0.29, 0.717) is 23.4 Å². The summed E-state index contributed by atoms with van der Waals surface area (Å²) in [7, 11) is 1.43. The Hall–Kier alpha value is -3.03. The van der Waals surface area contributed by atoms with Gasteiger partial charge in [0, 0.05) is 12.0 Å². The molecule has 0 saturated carbocycles. The molecule has 2 aromatic carbocycles. The largest absolute Gasteiger partial charge is 0.495 e. The molecule has 3 atom stereocenters. The molecular weight excluding hydrogens is 373 g/mol. The molecule has 8 heteroatoms. The standard InChI is InChI=1S/C20H17F3N2O3/c1-28-16-10-9-15(25(26)27)17-11-6-4-7-12(11)18(24-19(16)17)13-5-2-3-8-14(13)20(21,22)23/h2-6,8-12,18,24H,7H2,1H3/t11-,12-,18-/m0/s1. The van der Waals surface area contributed by atoms with Crippen molar-refractivity contribution in [2.24, 2.45) is 5.92 Å². The van der Waals surface area contributed by atoms with Gasteiger partial charge in [0.2, 0.25) is 0 Å². The first-order chi connectivity index (χ1) is 13.3. The van der Waals surface area contributed by atoms with Crippen molar-refractivity contribution in [3.05, 3.63) is 75.4 Å². The summed E-state index contributed by atoms with van der Waals surface area (Å²) in [4.78, 5) is 11.1. The van der Waals surface area contributed by atoms with E-state index in [0.717, 1.165) is 6.07 Å². The summed E-state index contributed by atoms with van der Waals surface area (Å²) in [6.45, 7) is 0. The van der Waals surface area contributed by atoms with Crippen molar-refractivity contribution in [3.8, 4) is 5.75 Å². The summed E-state index contributed by atoms with van der Waals surface area (Å²) in [5.41, 5.74) is 0.210. The van der Waals surface area contributed by atoms with Crippen LogP contribution in [0.25, 0.3) is 0 Å². The predicted octanol–water partition coefficient (Wildman–Crippen LogP) is 5.45. The summed E-state index contributed by atoms with van der Waals surface area (Å²) in [6.07, 6.45) is -0.242. The molecule has 0 bridgehead atoms. The number of allylic oxidation sites excluding steroid dienone is 2. The number of alkyl halides is 3. The van der Waals surface area contributed by atoms with Crippen molar-refractivity contribution in [1.82, 2.24) is 0 Å². The summed E-state index contributed by atoms with van der Waals surface area (Å²) in [6, 6.07) is 7.66. The van der Waals surface area contributed by atoms with Crippen LogP contribution in [0.1, 0.15) is 35.1 Å². The van der Waals surface area contributed by atoms with Crippen LogP contribution < -0.4 is 10.1 Å². The van der Waals surface area contributed by atoms with Crippen molar-refractivity contribution < 1.29 is 22.8 Å². The van der Waals surface area contributed by atoms with Crippen molar-refractivity contribution in [3.63, 3.8) is 0 Å². The van der Waals surface area contributed by atoms with Gasteiger partial charge in [-0.2, -0.15) is 13.2 Å². The van der Waals surface area contributed by atoms with Crippen molar-refractivity contribution in [2.45, 2.75) is 24.6 Å². The van der Waals surface area contributed by atoms with Gasteiger partial charge in [-0.1, -0.05) is 30.4 Å². The van der Waals surface area contributed by atoms with Crippen LogP contribution in [-0.2, 0) is 6.18 Å². The van der Waals surface area contributed by atoms with Gasteiger partial charge in [-0.15, -0.1) is 0 Å². The van der Waals surface area contributed by atoms with Crippen molar-refractivity contribution >= 4 is 11.4 Å². The van der Waals surface area contributed by atoms with E-state index in [1.54, 1.807) is 6.07 Å². The van der Waals surface area contributed by atoms with Crippen molar-refractivity contribution in [2.75, 3.05) is 12.4 Å². The van der Waals surface area contributed by atoms with Crippen LogP contribution in [0.2, 0.25) is 0 Å². The minimum Gasteiger partial charge on any atom is -0.495 e. The lowest BCUT2D eigenvalue weighted by molar-refractivity contribution is -0.385. The second-order valence-electron chi connectivity index (χ2n) is 6.89. The van der Waals surface area contributed by atoms with Gasteiger partial charge in [0.25, 0.3) is 5.69 Å². The second kappa shape index (κ2) is 6.54. The maximum absolute atomic E-state index is 13.6. The molecule has 5 nitrogen and oxygen atoms in total. The molecule has 0 spiro atoms. The molecule has 1 heterocycles. The molecule has 2 aromatic rings. The monoisotopic (exact) mass is 390 g/mol. The van der Waals surface area contributed by atoms with E-state index in [4.69, 9.17) is 4.74 Å². The Morgan fingerprint density at radius 2 is 1.96 bits per heavy atom. The highest BCUT2D eigenvalue weighted by atomic mass is 19.4. The molecule has 146 valence electrons. The molecule has 1 aliphatic heterocycles. The van der Waals surface area contributed by atoms with E-state index in [2.05, 4.69) is 5.32 Å². The highest BCUT2D eigenvalue weighted by Crippen LogP contribution is 2.55. The van der Waals surface area contributed by atoms with E-state index < -0.39 is 22.7 Å². The number of fused-ring (bicyclic) bond motifs is 3. The van der Waals surface area contributed by atoms with Gasteiger partial charge in [-0.05, 0) is 30.0 Å². The molecule has 0 saturated heterocycles. The van der Waals surface area contributed by atoms with Gasteiger partial charge >= 0.3 is 6.18 Å². The number of anilines is 1. The number of halogens is 3. The fraction of sp³-hybridized carbons (Fsp3) is 0.300. The van der Waals surface area contributed by atoms with E-state index in [-0.39, 0.29) is 23.1 Å². The Balaban J connectivity index is 1.91. The van der Waals surface area contributed by atoms with Crippen LogP contribution in [0.3, 0.4) is 0 Å². The van der Waals surface area contributed by atoms with Gasteiger partial charge < -0.3 is 10.1 Å². The fourth-order valence-electron chi connectivity index (χ4n) is 4.33. The highest BCUT2D eigenvalue weighted by Gasteiger charge is 2.45. The Morgan fingerprint density at radius 1 is 1.21 bits per heavy atom. The second-order valence-corrected chi connectivity index (χ2v) is 6.89. The zero-order chi connectivity index (χ0) is 20.1. The maximum Gasteiger partial charge on any atom is 0.416 e. The van der Waals surface area contributed by atoms with Gasteiger partial charge in [0.1, 0.15) is 5.75 Å². The Bertz CT molecular complexity index is 972. The average molecular weight is 390 g/mol. The van der Waals surface area contributed by atoms with Crippen LogP contribution in [0.4, 0.5) is 24.5 Å². The summed E-state index contributed by atoms with van der Waals surface area (Å²) in [5.74, 6) is -0.256. The normalized spacial score (nSPS) is 22.9. The fourth-order valence-corrected chi connectivity index (χ4v) is 4.33. The molecule has 2 aliphatic rings. The van der Waals surface area contributed by atoms with Gasteiger partial charge in [-0.25, -0.2) is 0 Å². The van der Waals surface area contributed by atoms with Gasteiger partial charge in [-0.3, -0.25) is 10.1 Å². The number of rotatable bonds is 3. The quantitative estimate of drug-likeness (QED) is 0.430. The van der Waals surface area contributed by atoms with Crippen LogP contribution in [0, 0.1) is 16.0 Å². The minimum absolute atomic E-state index is 0.0626. The Labute approximate surface area is 159 Å². The first-order valence-electron chi connectivity index (χ1n) is 8.77. The molecule has 0 unspecified atom stereocenters. The topological polar surface area (TPSA) is 64.4 Å². The van der Waals surface area contributed by atoms with Crippen LogP contribution >= 0.6 is 0 Å². The lowest BCUT2D eigenvalue weighted by Gasteiger charge is -2.38. The highest BCUT2D eigenvalue weighted by molar-refractivity contribution is 5.73. The zero-order valence-corrected chi connectivity index (χ0v) is 14.9. The summed E-state index contributed by atoms with van der Waals surface area (Å²) < 4.78 is 46.1. The molecule has 0 radical (unpaired) electrons. The Kier molecular flexibility index (Phi) is 4.28. The third-order valence-electron chi connectivity index (χ3n) is 5.48. The number of nitrogens with one attached hydrogen (secondary N) is 1. The smallest absolute Gasteiger partial charge is 0.416 e. The molecule has 4 rings (SSSR count). The number of ether oxygens (including phenoxy) is 1. The number of nitrogens with zero attached hydrogens (tertiary/aromatic N) is 1. The van der Waals surface area contributed by atoms with Gasteiger partial charge in [0.15, 0.2) is 0 Å². The third kappa shape index (κ3) is 2.80. The number of nitro benzene ring substituents is 1. The molecule has 1 N–H and O–H groups in total. The first-order valence-corrected chi connectivity index (χ1v) is 8.77. The molecule has 0 amide bonds. The van der Waals surface area contributed by atoms with E-state index in [9.17, 15) is 23.3 Å². The third-order valence-corrected chi connectivity index (χ3v) is 5.48. The first kappa shape index (κ1) is 18.3. The van der Waals surface area contributed by atoms with Crippen LogP contribution in [0.5, 0.6) is 5.75 Å². The van der Waals surface area contributed by atoms with E-state index in [1.165, 1.54) is 31.4 Å². The lowest BCUT2D eigenvalue weighted by Crippen LogP contribution is -2.31. The van der Waals surface area contributed by atoms with E-state index in [1.807, 2.05) is 12.2 Å². The lowest BCUT2D eigenvalue weighted by atomic mass is 9.75. The number of nitro groups is 1. The maximum atomic E-state index is 13.6. The summed E-state index contributed by atoms with van der Waals surface area (Å²) in [5, 5.41) is 14.7. The van der Waals surface area contributed by atoms with Crippen LogP contribution in [-0.4, -0.2) is 12.0 Å². The molecule has 28 heavy (non-hydrogen) atoms. The zero-order valence-electron chi connectivity index (χ0n) is 14.9. The number of hydrogen-bond acceptors (Lipinski definition) is 4. The molecule has 0 fully saturated rings. The minimum atomic E-state index is -4.49. The Morgan fingerprint density at radius 3 is 2.64 bits per heavy atom. The van der Waals surface area contributed by atoms with Crippen molar-refractivity contribution in [1.29, 1.82) is 0 Å². The van der Waals surface area contributed by atoms with Gasteiger partial charge in [0.05, 0.1) is 34.9 Å². The van der Waals surface area contributed by atoms with E-state index >= 15 is 0 Å². The number of hydrogen-bond donors (Lipinski definition) is 1. The number of benzene rings is 2. The SMILES string of the molecule is COc1ccc([N+](=O)[O-])c2c1N[C@H](c1ccccc1C(F)(F)F)[C@H]1CC=C[C@H]21. The molecular formula is C20H17F3N2O3. The predicted molar refractivity (Wildman–Crippen MR) is 97.4 cm³/mol. The summed E-state index contributed by atoms with van der Waals surface area (Å²) >= 11 is 0. The molecule has 1 aliphatic carbocycles. The molecule has 0 aromatic heterocycles. The van der Waals surface area contributed by atoms with Crippen LogP contribution in [0.15, 0.2) is 48.6 Å².